The molecule has 0 saturated carbocycles. The quantitative estimate of drug-likeness (QED) is 0.139. The Balaban J connectivity index is 1.34. The number of allylic oxidation sites excluding steroid dienone is 6. The highest BCUT2D eigenvalue weighted by Gasteiger charge is 2.41. The van der Waals surface area contributed by atoms with Gasteiger partial charge >= 0.3 is 11.9 Å². The van der Waals surface area contributed by atoms with Crippen molar-refractivity contribution in [1.82, 2.24) is 4.90 Å². The fraction of sp³-hybridized carbons (Fsp3) is 0.267. The van der Waals surface area contributed by atoms with Gasteiger partial charge in [0.2, 0.25) is 23.8 Å². The van der Waals surface area contributed by atoms with Crippen molar-refractivity contribution in [2.75, 3.05) is 36.4 Å². The highest BCUT2D eigenvalue weighted by molar-refractivity contribution is 6.63. The molecule has 2 aliphatic carbocycles. The molecule has 7 rings (SSSR count). The summed E-state index contributed by atoms with van der Waals surface area (Å²) in [5.41, 5.74) is 1.63. The van der Waals surface area contributed by atoms with Gasteiger partial charge in [-0.25, -0.2) is 4.99 Å². The molecule has 2 heterocycles. The van der Waals surface area contributed by atoms with Crippen LogP contribution in [0.5, 0.6) is 0 Å². The first-order chi connectivity index (χ1) is 28.0. The Morgan fingerprint density at radius 3 is 1.86 bits per heavy atom. The van der Waals surface area contributed by atoms with E-state index < -0.39 is 53.3 Å². The monoisotopic (exact) mass is 782 g/mol. The number of aliphatic hydroxyl groups is 1. The Kier molecular flexibility index (Phi) is 11.6. The smallest absolute Gasteiger partial charge is 0.303 e. The largest absolute Gasteiger partial charge is 0.506 e. The third-order valence-electron chi connectivity index (χ3n) is 10.3. The summed E-state index contributed by atoms with van der Waals surface area (Å²) in [5, 5.41) is 14.8. The third-order valence-corrected chi connectivity index (χ3v) is 10.3. The van der Waals surface area contributed by atoms with Crippen LogP contribution in [0.25, 0.3) is 5.57 Å². The van der Waals surface area contributed by atoms with Crippen molar-refractivity contribution in [3.63, 3.8) is 0 Å². The summed E-state index contributed by atoms with van der Waals surface area (Å²) in [7, 11) is 0. The van der Waals surface area contributed by atoms with Gasteiger partial charge in [-0.05, 0) is 62.1 Å². The average Bonchev–Trinajstić information content (AvgIpc) is 4.00. The molecule has 0 radical (unpaired) electrons. The van der Waals surface area contributed by atoms with E-state index in [4.69, 9.17) is 9.47 Å². The molecule has 2 saturated heterocycles. The number of nitrogens with one attached hydrogen (secondary N) is 1. The van der Waals surface area contributed by atoms with Gasteiger partial charge in [-0.3, -0.25) is 28.8 Å². The van der Waals surface area contributed by atoms with Crippen LogP contribution in [0.2, 0.25) is 0 Å². The Morgan fingerprint density at radius 2 is 1.26 bits per heavy atom. The van der Waals surface area contributed by atoms with E-state index in [1.54, 1.807) is 91.0 Å². The molecule has 4 aliphatic rings. The van der Waals surface area contributed by atoms with Crippen molar-refractivity contribution in [2.45, 2.75) is 51.7 Å². The molecule has 13 heteroatoms. The first-order valence-electron chi connectivity index (χ1n) is 19.2. The van der Waals surface area contributed by atoms with E-state index >= 15 is 0 Å². The molecule has 0 aromatic heterocycles. The fourth-order valence-corrected chi connectivity index (χ4v) is 7.59. The number of ether oxygens (including phenoxy) is 2. The predicted molar refractivity (Wildman–Crippen MR) is 215 cm³/mol. The van der Waals surface area contributed by atoms with Gasteiger partial charge in [-0.15, -0.1) is 0 Å². The lowest BCUT2D eigenvalue weighted by Crippen LogP contribution is -2.26. The molecule has 2 N–H and O–H groups in total. The van der Waals surface area contributed by atoms with Crippen LogP contribution in [-0.4, -0.2) is 77.2 Å². The normalized spacial score (nSPS) is 19.7. The van der Waals surface area contributed by atoms with Gasteiger partial charge in [0, 0.05) is 73.7 Å². The molecule has 2 atom stereocenters. The van der Waals surface area contributed by atoms with Crippen LogP contribution < -0.4 is 10.2 Å². The van der Waals surface area contributed by atoms with Crippen molar-refractivity contribution in [2.24, 2.45) is 4.99 Å². The zero-order chi connectivity index (χ0) is 40.9. The zero-order valence-electron chi connectivity index (χ0n) is 32.1. The van der Waals surface area contributed by atoms with Gasteiger partial charge in [-0.1, -0.05) is 60.7 Å². The van der Waals surface area contributed by atoms with E-state index in [0.29, 0.717) is 16.8 Å². The van der Waals surface area contributed by atoms with Crippen molar-refractivity contribution >= 4 is 58.0 Å². The fourth-order valence-electron chi connectivity index (χ4n) is 7.59. The molecule has 13 nitrogen and oxygen atoms in total. The maximum absolute atomic E-state index is 14.1. The number of anilines is 2. The summed E-state index contributed by atoms with van der Waals surface area (Å²) < 4.78 is 10.9. The minimum Gasteiger partial charge on any atom is -0.506 e. The molecule has 0 spiro atoms. The summed E-state index contributed by atoms with van der Waals surface area (Å²) in [6.07, 6.45) is 5.95. The van der Waals surface area contributed by atoms with Crippen molar-refractivity contribution in [3.8, 4) is 0 Å². The molecule has 2 aliphatic heterocycles. The third kappa shape index (κ3) is 8.29. The molecule has 2 unspecified atom stereocenters. The average molecular weight is 783 g/mol. The molecular weight excluding hydrogens is 741 g/mol. The highest BCUT2D eigenvalue weighted by atomic mass is 16.6. The van der Waals surface area contributed by atoms with Crippen LogP contribution in [0.4, 0.5) is 11.4 Å². The first-order valence-corrected chi connectivity index (χ1v) is 19.2. The molecule has 58 heavy (non-hydrogen) atoms. The van der Waals surface area contributed by atoms with E-state index in [-0.39, 0.29) is 33.7 Å². The molecular formula is C45H42N4O9. The molecule has 0 bridgehead atoms. The van der Waals surface area contributed by atoms with Crippen LogP contribution in [-0.2, 0) is 38.2 Å². The van der Waals surface area contributed by atoms with E-state index in [1.807, 2.05) is 0 Å². The molecule has 3 aromatic carbocycles. The minimum absolute atomic E-state index is 0.00931. The summed E-state index contributed by atoms with van der Waals surface area (Å²) in [6, 6.07) is 21.8. The second-order valence-electron chi connectivity index (χ2n) is 14.3. The van der Waals surface area contributed by atoms with E-state index in [0.717, 1.165) is 57.5 Å². The second-order valence-corrected chi connectivity index (χ2v) is 14.3. The topological polar surface area (TPSA) is 172 Å². The lowest BCUT2D eigenvalue weighted by Gasteiger charge is -2.23. The number of ketones is 2. The number of aliphatic imine (C=N–C) groups is 1. The number of amides is 2. The van der Waals surface area contributed by atoms with Gasteiger partial charge < -0.3 is 29.7 Å². The van der Waals surface area contributed by atoms with Crippen LogP contribution in [0.15, 0.2) is 125 Å². The number of benzene rings is 3. The zero-order valence-corrected chi connectivity index (χ0v) is 32.1. The van der Waals surface area contributed by atoms with Crippen LogP contribution in [0, 0.1) is 0 Å². The van der Waals surface area contributed by atoms with Gasteiger partial charge in [0.1, 0.15) is 5.76 Å². The summed E-state index contributed by atoms with van der Waals surface area (Å²) >= 11 is 0. The van der Waals surface area contributed by atoms with Crippen molar-refractivity contribution in [1.29, 1.82) is 0 Å². The summed E-state index contributed by atoms with van der Waals surface area (Å²) in [4.78, 5) is 88.8. The van der Waals surface area contributed by atoms with Gasteiger partial charge in [-0.2, -0.15) is 0 Å². The Morgan fingerprint density at radius 1 is 0.707 bits per heavy atom. The highest BCUT2D eigenvalue weighted by Crippen LogP contribution is 2.40. The number of carbonyl (C=O) groups is 6. The minimum atomic E-state index is -1.40. The maximum Gasteiger partial charge on any atom is 0.303 e. The lowest BCUT2D eigenvalue weighted by molar-refractivity contribution is -0.153. The van der Waals surface area contributed by atoms with E-state index in [2.05, 4.69) is 20.1 Å². The van der Waals surface area contributed by atoms with E-state index in [1.165, 1.54) is 19.9 Å². The number of likely N-dealkylation sites (tertiary alicyclic amines) is 1. The van der Waals surface area contributed by atoms with Crippen LogP contribution >= 0.6 is 0 Å². The van der Waals surface area contributed by atoms with E-state index in [9.17, 15) is 33.9 Å². The second kappa shape index (κ2) is 17.1. The number of hydrogen-bond donors (Lipinski definition) is 2. The van der Waals surface area contributed by atoms with Crippen LogP contribution in [0.3, 0.4) is 0 Å². The Bertz CT molecular complexity index is 2330. The van der Waals surface area contributed by atoms with Gasteiger partial charge in [0.15, 0.2) is 0 Å². The van der Waals surface area contributed by atoms with Crippen molar-refractivity contribution < 1.29 is 43.3 Å². The van der Waals surface area contributed by atoms with Crippen molar-refractivity contribution in [3.05, 3.63) is 136 Å². The number of aliphatic hydroxyl groups excluding tert-OH is 1. The first kappa shape index (κ1) is 39.3. The molecule has 3 aromatic rings. The predicted octanol–water partition coefficient (Wildman–Crippen LogP) is 6.07. The number of hydrogen-bond acceptors (Lipinski definition) is 11. The SMILES string of the molecule is CC(=O)OC(C(=O)N=C1C=C(N2CCCC2)C=C/C1=C1/C(=O)C(=O)C(c2ccc(N3CCCC3)cc2NC(=O)C(OC(C)=O)c2ccccc2)=C1O)c1ccccc1. The number of rotatable bonds is 10. The van der Waals surface area contributed by atoms with Gasteiger partial charge in [0.05, 0.1) is 22.5 Å². The summed E-state index contributed by atoms with van der Waals surface area (Å²) in [6.45, 7) is 5.39. The summed E-state index contributed by atoms with van der Waals surface area (Å²) in [5.74, 6) is -5.72. The van der Waals surface area contributed by atoms with Crippen LogP contribution in [0.1, 0.15) is 68.4 Å². The number of carbonyl (C=O) groups excluding carboxylic acids is 6. The lowest BCUT2D eigenvalue weighted by atomic mass is 9.95. The Labute approximate surface area is 335 Å². The Hall–Kier alpha value is -6.89. The van der Waals surface area contributed by atoms with Gasteiger partial charge in [0.25, 0.3) is 11.8 Å². The molecule has 296 valence electrons. The molecule has 2 amide bonds. The number of Topliss-reactive ketones (excluding diaryl/α,β-unsaturated/α-hetero) is 2. The molecule has 2 fully saturated rings. The number of esters is 2. The number of nitrogens with zero attached hydrogens (tertiary/aromatic N) is 3. The maximum atomic E-state index is 14.1. The standard InChI is InChI=1S/C45H42N4O9/c1-27(50)57-42(29-13-5-3-6-14-29)44(55)46-35-25-31(48-21-9-10-22-48)17-19-33(35)37-39(52)38(41(54)40(37)53)34-20-18-32(49-23-11-12-24-49)26-36(34)47-45(56)43(58-28(2)51)30-15-7-4-8-16-30/h3-8,13-20,25-26,42-43,52H,9-12,21-24H2,1-2H3,(H,46,55)/b38-34-,47-36?.